The quantitative estimate of drug-likeness (QED) is 0.673. The molecule has 0 spiro atoms. The average molecular weight is 443 g/mol. The first kappa shape index (κ1) is 22.2. The molecule has 0 unspecified atom stereocenters. The van der Waals surface area contributed by atoms with E-state index in [0.717, 1.165) is 42.1 Å². The number of amides is 1. The van der Waals surface area contributed by atoms with Crippen molar-refractivity contribution in [3.8, 4) is 5.75 Å². The summed E-state index contributed by atoms with van der Waals surface area (Å²) in [5.74, 6) is 0.847. The number of pyridine rings is 1. The fraction of sp³-hybridized carbons (Fsp3) is 0.542. The molecule has 1 aromatic heterocycles. The molecular weight excluding hydrogens is 412 g/mol. The number of nitrogens with one attached hydrogen (secondary N) is 1. The third kappa shape index (κ3) is 4.89. The first-order valence-electron chi connectivity index (χ1n) is 11.0. The van der Waals surface area contributed by atoms with Crippen LogP contribution in [-0.4, -0.2) is 42.1 Å². The van der Waals surface area contributed by atoms with Gasteiger partial charge in [0.15, 0.2) is 6.10 Å². The molecule has 4 rings (SSSR count). The zero-order valence-corrected chi connectivity index (χ0v) is 18.9. The molecule has 1 aromatic carbocycles. The second-order valence-corrected chi connectivity index (χ2v) is 9.41. The number of methoxy groups -OCH3 is 1. The van der Waals surface area contributed by atoms with Crippen LogP contribution in [0.3, 0.4) is 0 Å². The van der Waals surface area contributed by atoms with Gasteiger partial charge in [0, 0.05) is 29.1 Å². The molecule has 1 aliphatic heterocycles. The predicted molar refractivity (Wildman–Crippen MR) is 118 cm³/mol. The Bertz CT molecular complexity index is 994. The Morgan fingerprint density at radius 2 is 1.88 bits per heavy atom. The minimum Gasteiger partial charge on any atom is -0.497 e. The molecule has 32 heavy (non-hydrogen) atoms. The monoisotopic (exact) mass is 442 g/mol. The van der Waals surface area contributed by atoms with Gasteiger partial charge in [-0.3, -0.25) is 4.98 Å². The van der Waals surface area contributed by atoms with Crippen LogP contribution in [0.2, 0.25) is 0 Å². The third-order valence-electron chi connectivity index (χ3n) is 6.00. The van der Waals surface area contributed by atoms with Crippen LogP contribution in [0.5, 0.6) is 5.75 Å². The van der Waals surface area contributed by atoms with Gasteiger partial charge in [-0.25, -0.2) is 9.59 Å². The summed E-state index contributed by atoms with van der Waals surface area (Å²) in [6.07, 6.45) is 2.96. The number of carbonyl (C=O) groups is 2. The smallest absolute Gasteiger partial charge is 0.497 e. The number of rotatable bonds is 4. The Morgan fingerprint density at radius 1 is 1.12 bits per heavy atom. The van der Waals surface area contributed by atoms with E-state index in [4.69, 9.17) is 18.9 Å². The molecule has 0 bridgehead atoms. The van der Waals surface area contributed by atoms with Gasteiger partial charge in [-0.05, 0) is 70.7 Å². The number of hydrogen-bond donors (Lipinski definition) is 1. The molecule has 2 aromatic rings. The Labute approximate surface area is 187 Å². The van der Waals surface area contributed by atoms with Gasteiger partial charge >= 0.3 is 12.2 Å². The number of alkyl carbamates (subject to hydrolysis) is 1. The van der Waals surface area contributed by atoms with E-state index in [9.17, 15) is 9.59 Å². The summed E-state index contributed by atoms with van der Waals surface area (Å²) in [6, 6.07) is 7.56. The van der Waals surface area contributed by atoms with E-state index in [1.54, 1.807) is 13.3 Å². The molecule has 8 nitrogen and oxygen atoms in total. The number of fused-ring (bicyclic) bond motifs is 1. The molecule has 1 saturated carbocycles. The van der Waals surface area contributed by atoms with Crippen LogP contribution in [0.4, 0.5) is 9.59 Å². The lowest BCUT2D eigenvalue weighted by Gasteiger charge is -2.33. The van der Waals surface area contributed by atoms with E-state index in [2.05, 4.69) is 10.3 Å². The van der Waals surface area contributed by atoms with Crippen LogP contribution in [0, 0.1) is 5.92 Å². The van der Waals surface area contributed by atoms with Crippen LogP contribution in [0.15, 0.2) is 30.5 Å². The highest BCUT2D eigenvalue weighted by atomic mass is 16.8. The molecule has 2 aliphatic rings. The maximum absolute atomic E-state index is 12.1. The lowest BCUT2D eigenvalue weighted by Crippen LogP contribution is -2.42. The van der Waals surface area contributed by atoms with Gasteiger partial charge in [-0.1, -0.05) is 0 Å². The lowest BCUT2D eigenvalue weighted by molar-refractivity contribution is 0.0436. The summed E-state index contributed by atoms with van der Waals surface area (Å²) in [4.78, 5) is 28.6. The maximum atomic E-state index is 12.1. The van der Waals surface area contributed by atoms with Crippen molar-refractivity contribution in [2.75, 3.05) is 7.11 Å². The molecule has 2 heterocycles. The summed E-state index contributed by atoms with van der Waals surface area (Å²) in [5, 5.41) is 3.83. The van der Waals surface area contributed by atoms with Gasteiger partial charge in [-0.15, -0.1) is 0 Å². The van der Waals surface area contributed by atoms with Crippen LogP contribution in [-0.2, 0) is 14.2 Å². The van der Waals surface area contributed by atoms with Crippen LogP contribution in [0.1, 0.15) is 58.1 Å². The summed E-state index contributed by atoms with van der Waals surface area (Å²) in [7, 11) is 1.61. The van der Waals surface area contributed by atoms with Gasteiger partial charge in [0.2, 0.25) is 0 Å². The second-order valence-electron chi connectivity index (χ2n) is 9.41. The van der Waals surface area contributed by atoms with Crippen LogP contribution in [0.25, 0.3) is 10.9 Å². The van der Waals surface area contributed by atoms with Gasteiger partial charge in [-0.2, -0.15) is 0 Å². The van der Waals surface area contributed by atoms with Gasteiger partial charge in [0.1, 0.15) is 17.5 Å². The number of cyclic esters (lactones) is 2. The highest BCUT2D eigenvalue weighted by molar-refractivity contribution is 5.84. The molecule has 2 atom stereocenters. The van der Waals surface area contributed by atoms with Crippen molar-refractivity contribution in [1.29, 1.82) is 0 Å². The number of carbonyl (C=O) groups excluding carboxylic acids is 2. The molecule has 1 aliphatic carbocycles. The van der Waals surface area contributed by atoms with Crippen LogP contribution >= 0.6 is 0 Å². The molecule has 1 saturated heterocycles. The predicted octanol–water partition coefficient (Wildman–Crippen LogP) is 4.90. The van der Waals surface area contributed by atoms with Gasteiger partial charge < -0.3 is 24.3 Å². The topological polar surface area (TPSA) is 96.0 Å². The number of nitrogens with zero attached hydrogens (tertiary/aromatic N) is 1. The molecule has 172 valence electrons. The van der Waals surface area contributed by atoms with E-state index in [0.29, 0.717) is 5.75 Å². The molecule has 1 N–H and O–H groups in total. The second kappa shape index (κ2) is 8.84. The zero-order chi connectivity index (χ0) is 22.9. The minimum absolute atomic E-state index is 0.0450. The van der Waals surface area contributed by atoms with E-state index >= 15 is 0 Å². The summed E-state index contributed by atoms with van der Waals surface area (Å²) in [5.41, 5.74) is 1.13. The first-order chi connectivity index (χ1) is 15.2. The number of hydrogen-bond acceptors (Lipinski definition) is 7. The normalized spacial score (nSPS) is 25.7. The minimum atomic E-state index is -0.651. The molecule has 1 amide bonds. The largest absolute Gasteiger partial charge is 0.509 e. The van der Waals surface area contributed by atoms with Gasteiger partial charge in [0.25, 0.3) is 0 Å². The van der Waals surface area contributed by atoms with E-state index in [1.807, 2.05) is 45.0 Å². The van der Waals surface area contributed by atoms with E-state index < -0.39 is 24.0 Å². The van der Waals surface area contributed by atoms with Crippen LogP contribution < -0.4 is 10.1 Å². The summed E-state index contributed by atoms with van der Waals surface area (Å²) in [6.45, 7) is 5.53. The standard InChI is InChI=1S/C24H30N2O6/c1-24(2,3)32-22(27)26-15-7-5-14(6-8-15)20-21(31-23(28)30-20)17-11-12-25-19-10-9-16(29-4)13-18(17)19/h9-15,20-21H,5-8H2,1-4H3,(H,26,27)/t14?,15?,20-,21-/m1/s1. The van der Waals surface area contributed by atoms with Crippen molar-refractivity contribution >= 4 is 23.2 Å². The number of ether oxygens (including phenoxy) is 4. The van der Waals surface area contributed by atoms with Crippen molar-refractivity contribution in [2.24, 2.45) is 5.92 Å². The Balaban J connectivity index is 1.47. The molecule has 2 fully saturated rings. The number of aromatic nitrogens is 1. The molecular formula is C24H30N2O6. The Kier molecular flexibility index (Phi) is 6.13. The lowest BCUT2D eigenvalue weighted by atomic mass is 9.79. The zero-order valence-electron chi connectivity index (χ0n) is 18.9. The van der Waals surface area contributed by atoms with E-state index in [1.165, 1.54) is 0 Å². The highest BCUT2D eigenvalue weighted by Crippen LogP contribution is 2.42. The van der Waals surface area contributed by atoms with Crippen molar-refractivity contribution < 1.29 is 28.5 Å². The maximum Gasteiger partial charge on any atom is 0.509 e. The van der Waals surface area contributed by atoms with Crippen molar-refractivity contribution in [2.45, 2.75) is 70.3 Å². The molecule has 0 radical (unpaired) electrons. The van der Waals surface area contributed by atoms with E-state index in [-0.39, 0.29) is 18.1 Å². The Morgan fingerprint density at radius 3 is 2.56 bits per heavy atom. The highest BCUT2D eigenvalue weighted by Gasteiger charge is 2.44. The fourth-order valence-corrected chi connectivity index (χ4v) is 4.54. The summed E-state index contributed by atoms with van der Waals surface area (Å²) < 4.78 is 22.0. The first-order valence-corrected chi connectivity index (χ1v) is 11.0. The summed E-state index contributed by atoms with van der Waals surface area (Å²) >= 11 is 0. The SMILES string of the molecule is COc1ccc2nccc([C@H]3OC(=O)O[C@@H]3C3CCC(NC(=O)OC(C)(C)C)CC3)c2c1. The third-order valence-corrected chi connectivity index (χ3v) is 6.00. The fourth-order valence-electron chi connectivity index (χ4n) is 4.54. The molecule has 8 heteroatoms. The Hall–Kier alpha value is -3.03. The number of benzene rings is 1. The van der Waals surface area contributed by atoms with Crippen molar-refractivity contribution in [3.05, 3.63) is 36.0 Å². The van der Waals surface area contributed by atoms with Crippen molar-refractivity contribution in [1.82, 2.24) is 10.3 Å². The van der Waals surface area contributed by atoms with Crippen molar-refractivity contribution in [3.63, 3.8) is 0 Å². The van der Waals surface area contributed by atoms with Gasteiger partial charge in [0.05, 0.1) is 12.6 Å². The average Bonchev–Trinajstić information content (AvgIpc) is 3.13.